The Morgan fingerprint density at radius 3 is 2.37 bits per heavy atom. The summed E-state index contributed by atoms with van der Waals surface area (Å²) in [7, 11) is 0. The number of rotatable bonds is 8. The number of carbonyl (C=O) groups is 2. The molecule has 0 heterocycles. The average Bonchev–Trinajstić information content (AvgIpc) is 2.36. The monoisotopic (exact) mass is 287 g/mol. The predicted molar refractivity (Wildman–Crippen MR) is 80.7 cm³/mol. The highest BCUT2D eigenvalue weighted by molar-refractivity contribution is 7.80. The number of nitrogens with one attached hydrogen (secondary N) is 2. The first-order valence-electron chi connectivity index (χ1n) is 6.65. The van der Waals surface area contributed by atoms with Crippen molar-refractivity contribution in [2.45, 2.75) is 53.0 Å². The van der Waals surface area contributed by atoms with Crippen molar-refractivity contribution in [3.63, 3.8) is 0 Å². The molecule has 0 aromatic carbocycles. The minimum absolute atomic E-state index is 0.0665. The van der Waals surface area contributed by atoms with Gasteiger partial charge in [0.05, 0.1) is 10.4 Å². The lowest BCUT2D eigenvalue weighted by molar-refractivity contribution is -0.127. The van der Waals surface area contributed by atoms with Gasteiger partial charge in [-0.1, -0.05) is 26.1 Å². The van der Waals surface area contributed by atoms with Gasteiger partial charge in [-0.3, -0.25) is 9.59 Å². The van der Waals surface area contributed by atoms with E-state index in [-0.39, 0.29) is 29.3 Å². The van der Waals surface area contributed by atoms with Crippen LogP contribution in [0.5, 0.6) is 0 Å². The van der Waals surface area contributed by atoms with Crippen LogP contribution in [0.2, 0.25) is 0 Å². The van der Waals surface area contributed by atoms with Crippen LogP contribution in [-0.4, -0.2) is 29.4 Å². The zero-order valence-corrected chi connectivity index (χ0v) is 13.0. The van der Waals surface area contributed by atoms with Crippen LogP contribution in [0.25, 0.3) is 0 Å². The zero-order chi connectivity index (χ0) is 15.1. The molecular formula is C13H25N3O2S. The van der Waals surface area contributed by atoms with Crippen LogP contribution >= 0.6 is 12.2 Å². The van der Waals surface area contributed by atoms with Crippen molar-refractivity contribution in [1.29, 1.82) is 0 Å². The predicted octanol–water partition coefficient (Wildman–Crippen LogP) is 1.11. The van der Waals surface area contributed by atoms with Gasteiger partial charge in [-0.05, 0) is 26.7 Å². The molecule has 0 saturated heterocycles. The van der Waals surface area contributed by atoms with Crippen LogP contribution in [0.15, 0.2) is 0 Å². The van der Waals surface area contributed by atoms with Crippen molar-refractivity contribution in [3.05, 3.63) is 0 Å². The van der Waals surface area contributed by atoms with Gasteiger partial charge in [-0.15, -0.1) is 0 Å². The molecular weight excluding hydrogens is 262 g/mol. The minimum atomic E-state index is -0.845. The van der Waals surface area contributed by atoms with Gasteiger partial charge >= 0.3 is 0 Å². The van der Waals surface area contributed by atoms with E-state index in [0.29, 0.717) is 13.0 Å². The van der Waals surface area contributed by atoms with Crippen molar-refractivity contribution in [2.24, 2.45) is 11.1 Å². The minimum Gasteiger partial charge on any atom is -0.392 e. The molecule has 0 aromatic heterocycles. The highest BCUT2D eigenvalue weighted by Gasteiger charge is 2.34. The van der Waals surface area contributed by atoms with Crippen molar-refractivity contribution in [3.8, 4) is 0 Å². The number of carbonyl (C=O) groups excluding carboxylic acids is 2. The highest BCUT2D eigenvalue weighted by Crippen LogP contribution is 2.21. The van der Waals surface area contributed by atoms with Gasteiger partial charge in [0.2, 0.25) is 11.8 Å². The molecule has 0 aliphatic rings. The Morgan fingerprint density at radius 1 is 1.37 bits per heavy atom. The van der Waals surface area contributed by atoms with Gasteiger partial charge in [-0.2, -0.15) is 0 Å². The number of amides is 2. The smallest absolute Gasteiger partial charge is 0.232 e. The van der Waals surface area contributed by atoms with Gasteiger partial charge in [0.15, 0.2) is 0 Å². The molecule has 0 fully saturated rings. The summed E-state index contributed by atoms with van der Waals surface area (Å²) in [6.07, 6.45) is 1.67. The lowest BCUT2D eigenvalue weighted by Gasteiger charge is -2.25. The summed E-state index contributed by atoms with van der Waals surface area (Å²) in [5, 5.41) is 5.55. The van der Waals surface area contributed by atoms with E-state index in [4.69, 9.17) is 18.0 Å². The molecule has 19 heavy (non-hydrogen) atoms. The summed E-state index contributed by atoms with van der Waals surface area (Å²) in [6, 6.07) is 0.153. The van der Waals surface area contributed by atoms with Gasteiger partial charge in [-0.25, -0.2) is 0 Å². The Balaban J connectivity index is 4.18. The van der Waals surface area contributed by atoms with Gasteiger partial charge in [0.1, 0.15) is 0 Å². The maximum absolute atomic E-state index is 12.0. The summed E-state index contributed by atoms with van der Waals surface area (Å²) < 4.78 is 0. The Bertz CT molecular complexity index is 347. The molecule has 2 amide bonds. The van der Waals surface area contributed by atoms with E-state index in [0.717, 1.165) is 6.42 Å². The molecule has 6 heteroatoms. The standard InChI is InChI=1S/C13H25N3O2S/c1-5-9(3)16-10(17)7-8-15-12(18)13(4,6-2)11(14)19/h9H,5-8H2,1-4H3,(H2,14,19)(H,15,18)(H,16,17). The highest BCUT2D eigenvalue weighted by atomic mass is 32.1. The SMILES string of the molecule is CCC(C)NC(=O)CCNC(=O)C(C)(CC)C(N)=S. The first-order chi connectivity index (χ1) is 8.77. The maximum atomic E-state index is 12.0. The van der Waals surface area contributed by atoms with Gasteiger partial charge < -0.3 is 16.4 Å². The molecule has 0 aromatic rings. The van der Waals surface area contributed by atoms with E-state index in [2.05, 4.69) is 10.6 Å². The van der Waals surface area contributed by atoms with Crippen LogP contribution < -0.4 is 16.4 Å². The largest absolute Gasteiger partial charge is 0.392 e. The summed E-state index contributed by atoms with van der Waals surface area (Å²) in [5.74, 6) is -0.290. The van der Waals surface area contributed by atoms with Crippen LogP contribution in [-0.2, 0) is 9.59 Å². The quantitative estimate of drug-likeness (QED) is 0.584. The summed E-state index contributed by atoms with van der Waals surface area (Å²) in [4.78, 5) is 23.7. The second-order valence-electron chi connectivity index (χ2n) is 4.93. The van der Waals surface area contributed by atoms with E-state index in [1.165, 1.54) is 0 Å². The van der Waals surface area contributed by atoms with Gasteiger partial charge in [0.25, 0.3) is 0 Å². The first-order valence-corrected chi connectivity index (χ1v) is 7.06. The van der Waals surface area contributed by atoms with Crippen LogP contribution in [0.4, 0.5) is 0 Å². The maximum Gasteiger partial charge on any atom is 0.232 e. The molecule has 2 atom stereocenters. The lowest BCUT2D eigenvalue weighted by Crippen LogP contribution is -2.47. The molecule has 0 aliphatic heterocycles. The van der Waals surface area contributed by atoms with E-state index in [1.54, 1.807) is 6.92 Å². The normalized spacial score (nSPS) is 15.2. The second-order valence-corrected chi connectivity index (χ2v) is 5.37. The molecule has 0 radical (unpaired) electrons. The van der Waals surface area contributed by atoms with Crippen molar-refractivity contribution < 1.29 is 9.59 Å². The van der Waals surface area contributed by atoms with Crippen molar-refractivity contribution >= 4 is 29.0 Å². The Morgan fingerprint density at radius 2 is 1.95 bits per heavy atom. The lowest BCUT2D eigenvalue weighted by atomic mass is 9.86. The molecule has 0 rings (SSSR count). The molecule has 2 unspecified atom stereocenters. The zero-order valence-electron chi connectivity index (χ0n) is 12.2. The molecule has 0 aliphatic carbocycles. The Hall–Kier alpha value is -1.17. The fourth-order valence-corrected chi connectivity index (χ4v) is 1.62. The molecule has 0 saturated carbocycles. The molecule has 0 spiro atoms. The Labute approximate surface area is 120 Å². The fourth-order valence-electron chi connectivity index (χ4n) is 1.38. The van der Waals surface area contributed by atoms with Gasteiger partial charge in [0, 0.05) is 19.0 Å². The molecule has 5 nitrogen and oxygen atoms in total. The van der Waals surface area contributed by atoms with E-state index in [9.17, 15) is 9.59 Å². The topological polar surface area (TPSA) is 84.2 Å². The van der Waals surface area contributed by atoms with Crippen molar-refractivity contribution in [2.75, 3.05) is 6.54 Å². The Kier molecular flexibility index (Phi) is 7.59. The first kappa shape index (κ1) is 17.8. The number of thiocarbonyl (C=S) groups is 1. The van der Waals surface area contributed by atoms with E-state index in [1.807, 2.05) is 20.8 Å². The third-order valence-electron chi connectivity index (χ3n) is 3.41. The second kappa shape index (κ2) is 8.09. The third-order valence-corrected chi connectivity index (χ3v) is 3.86. The molecule has 0 bridgehead atoms. The molecule has 110 valence electrons. The van der Waals surface area contributed by atoms with E-state index >= 15 is 0 Å². The number of nitrogens with two attached hydrogens (primary N) is 1. The average molecular weight is 287 g/mol. The van der Waals surface area contributed by atoms with Crippen molar-refractivity contribution in [1.82, 2.24) is 10.6 Å². The van der Waals surface area contributed by atoms with Crippen LogP contribution in [0.3, 0.4) is 0 Å². The molecule has 4 N–H and O–H groups in total. The van der Waals surface area contributed by atoms with E-state index < -0.39 is 5.41 Å². The fraction of sp³-hybridized carbons (Fsp3) is 0.769. The number of hydrogen-bond acceptors (Lipinski definition) is 3. The summed E-state index contributed by atoms with van der Waals surface area (Å²) >= 11 is 4.92. The summed E-state index contributed by atoms with van der Waals surface area (Å²) in [5.41, 5.74) is 4.74. The summed E-state index contributed by atoms with van der Waals surface area (Å²) in [6.45, 7) is 7.80. The third kappa shape index (κ3) is 5.55. The number of hydrogen-bond donors (Lipinski definition) is 3. The van der Waals surface area contributed by atoms with Crippen LogP contribution in [0.1, 0.15) is 47.0 Å². The van der Waals surface area contributed by atoms with Crippen LogP contribution in [0, 0.1) is 5.41 Å².